The molecule has 1 aliphatic heterocycles. The van der Waals surface area contributed by atoms with Crippen LogP contribution in [0, 0.1) is 0 Å². The van der Waals surface area contributed by atoms with E-state index in [9.17, 15) is 4.79 Å². The van der Waals surface area contributed by atoms with Gasteiger partial charge in [-0.05, 0) is 44.8 Å². The van der Waals surface area contributed by atoms with Crippen molar-refractivity contribution in [3.8, 4) is 0 Å². The van der Waals surface area contributed by atoms with E-state index >= 15 is 0 Å². The molecule has 4 N–H and O–H groups in total. The number of ether oxygens (including phenoxy) is 1. The molecule has 0 bridgehead atoms. The van der Waals surface area contributed by atoms with Crippen molar-refractivity contribution in [1.82, 2.24) is 14.9 Å². The fourth-order valence-corrected chi connectivity index (χ4v) is 3.09. The largest absolute Gasteiger partial charge is 0.380 e. The molecular formula is C18H23ClN6O2. The molecule has 0 aliphatic carbocycles. The Morgan fingerprint density at radius 2 is 2.07 bits per heavy atom. The maximum absolute atomic E-state index is 11.7. The lowest BCUT2D eigenvalue weighted by atomic mass is 10.0. The number of halogens is 1. The number of carbonyl (C=O) groups excluding carboxylic acids is 1. The van der Waals surface area contributed by atoms with E-state index in [1.165, 1.54) is 6.20 Å². The molecule has 0 saturated carbocycles. The second-order valence-corrected chi connectivity index (χ2v) is 7.03. The first kappa shape index (κ1) is 19.3. The Balaban J connectivity index is 1.84. The van der Waals surface area contributed by atoms with Gasteiger partial charge in [-0.15, -0.1) is 0 Å². The number of likely N-dealkylation sites (N-methyl/N-ethyl adjacent to an activating group) is 1. The summed E-state index contributed by atoms with van der Waals surface area (Å²) in [6.07, 6.45) is 2.27. The summed E-state index contributed by atoms with van der Waals surface area (Å²) >= 11 is 5.92. The molecule has 1 aromatic heterocycles. The quantitative estimate of drug-likeness (QED) is 0.693. The molecule has 3 rings (SSSR count). The zero-order valence-electron chi connectivity index (χ0n) is 15.3. The molecule has 1 fully saturated rings. The van der Waals surface area contributed by atoms with Crippen molar-refractivity contribution in [2.24, 2.45) is 5.73 Å². The number of nitrogens with zero attached hydrogens (tertiary/aromatic N) is 3. The van der Waals surface area contributed by atoms with Crippen LogP contribution >= 0.6 is 11.6 Å². The van der Waals surface area contributed by atoms with Crippen molar-refractivity contribution < 1.29 is 9.53 Å². The van der Waals surface area contributed by atoms with Crippen molar-refractivity contribution in [2.45, 2.75) is 18.5 Å². The van der Waals surface area contributed by atoms with Crippen molar-refractivity contribution in [1.29, 1.82) is 0 Å². The third kappa shape index (κ3) is 4.85. The summed E-state index contributed by atoms with van der Waals surface area (Å²) in [6, 6.07) is 7.42. The van der Waals surface area contributed by atoms with Crippen LogP contribution in [0.4, 0.5) is 17.5 Å². The number of primary amides is 1. The molecule has 9 heteroatoms. The minimum Gasteiger partial charge on any atom is -0.380 e. The molecule has 0 radical (unpaired) electrons. The Hall–Kier alpha value is -2.42. The van der Waals surface area contributed by atoms with Crippen LogP contribution in [-0.2, 0) is 4.74 Å². The Morgan fingerprint density at radius 1 is 1.33 bits per heavy atom. The van der Waals surface area contributed by atoms with Crippen LogP contribution in [0.15, 0.2) is 30.5 Å². The third-order valence-corrected chi connectivity index (χ3v) is 4.72. The van der Waals surface area contributed by atoms with E-state index < -0.39 is 5.91 Å². The monoisotopic (exact) mass is 390 g/mol. The van der Waals surface area contributed by atoms with Crippen molar-refractivity contribution in [3.05, 3.63) is 41.0 Å². The van der Waals surface area contributed by atoms with Gasteiger partial charge in [0.2, 0.25) is 5.95 Å². The molecule has 0 unspecified atom stereocenters. The highest BCUT2D eigenvalue weighted by Gasteiger charge is 2.28. The first-order valence-corrected chi connectivity index (χ1v) is 9.02. The lowest BCUT2D eigenvalue weighted by molar-refractivity contribution is 0.0283. The first-order chi connectivity index (χ1) is 12.9. The van der Waals surface area contributed by atoms with Gasteiger partial charge in [-0.3, -0.25) is 4.79 Å². The van der Waals surface area contributed by atoms with Crippen molar-refractivity contribution in [3.63, 3.8) is 0 Å². The van der Waals surface area contributed by atoms with Crippen LogP contribution in [0.25, 0.3) is 0 Å². The van der Waals surface area contributed by atoms with E-state index in [4.69, 9.17) is 22.1 Å². The number of rotatable bonds is 6. The van der Waals surface area contributed by atoms with Gasteiger partial charge in [0.05, 0.1) is 12.6 Å². The van der Waals surface area contributed by atoms with Gasteiger partial charge in [-0.1, -0.05) is 11.6 Å². The van der Waals surface area contributed by atoms with E-state index in [1.54, 1.807) is 24.3 Å². The van der Waals surface area contributed by atoms with Crippen molar-refractivity contribution >= 4 is 35.0 Å². The highest BCUT2D eigenvalue weighted by molar-refractivity contribution is 6.30. The summed E-state index contributed by atoms with van der Waals surface area (Å²) in [4.78, 5) is 22.6. The molecule has 2 heterocycles. The molecule has 1 saturated heterocycles. The second kappa shape index (κ2) is 8.51. The summed E-state index contributed by atoms with van der Waals surface area (Å²) in [5.41, 5.74) is 6.42. The number of nitrogens with two attached hydrogens (primary N) is 1. The smallest absolute Gasteiger partial charge is 0.254 e. The van der Waals surface area contributed by atoms with E-state index in [2.05, 4.69) is 25.5 Å². The molecule has 1 aliphatic rings. The average Bonchev–Trinajstić information content (AvgIpc) is 2.64. The molecular weight excluding hydrogens is 368 g/mol. The molecule has 144 valence electrons. The molecule has 2 aromatic rings. The number of aromatic nitrogens is 2. The summed E-state index contributed by atoms with van der Waals surface area (Å²) in [6.45, 7) is 1.32. The lowest BCUT2D eigenvalue weighted by Crippen LogP contribution is -2.50. The zero-order chi connectivity index (χ0) is 19.4. The van der Waals surface area contributed by atoms with Gasteiger partial charge in [-0.25, -0.2) is 4.98 Å². The predicted octanol–water partition coefficient (Wildman–Crippen LogP) is 2.10. The van der Waals surface area contributed by atoms with E-state index in [1.807, 2.05) is 14.1 Å². The summed E-state index contributed by atoms with van der Waals surface area (Å²) < 4.78 is 5.57. The molecule has 8 nitrogen and oxygen atoms in total. The highest BCUT2D eigenvalue weighted by Crippen LogP contribution is 2.22. The van der Waals surface area contributed by atoms with Gasteiger partial charge < -0.3 is 26.0 Å². The van der Waals surface area contributed by atoms with Gasteiger partial charge in [0.15, 0.2) is 0 Å². The molecule has 27 heavy (non-hydrogen) atoms. The van der Waals surface area contributed by atoms with Crippen LogP contribution in [0.2, 0.25) is 5.02 Å². The number of nitrogens with one attached hydrogen (secondary N) is 2. The molecule has 1 aromatic carbocycles. The highest BCUT2D eigenvalue weighted by atomic mass is 35.5. The first-order valence-electron chi connectivity index (χ1n) is 8.64. The molecule has 2 atom stereocenters. The van der Waals surface area contributed by atoms with Crippen molar-refractivity contribution in [2.75, 3.05) is 37.9 Å². The van der Waals surface area contributed by atoms with Gasteiger partial charge in [0, 0.05) is 29.6 Å². The average molecular weight is 391 g/mol. The van der Waals surface area contributed by atoms with Gasteiger partial charge in [0.1, 0.15) is 11.4 Å². The molecule has 0 spiro atoms. The van der Waals surface area contributed by atoms with Crippen LogP contribution < -0.4 is 16.4 Å². The summed E-state index contributed by atoms with van der Waals surface area (Å²) in [5.74, 6) is 0.168. The number of anilines is 3. The zero-order valence-corrected chi connectivity index (χ0v) is 16.0. The number of benzene rings is 1. The summed E-state index contributed by atoms with van der Waals surface area (Å²) in [7, 11) is 4.02. The third-order valence-electron chi connectivity index (χ3n) is 4.47. The number of hydrogen-bond acceptors (Lipinski definition) is 7. The maximum Gasteiger partial charge on any atom is 0.254 e. The van der Waals surface area contributed by atoms with Crippen LogP contribution in [0.1, 0.15) is 16.8 Å². The van der Waals surface area contributed by atoms with Crippen LogP contribution in [-0.4, -0.2) is 60.2 Å². The SMILES string of the molecule is CN(C)[C@H]1COCC[C@H]1Nc1ncc(C(N)=O)c(Nc2ccc(Cl)cc2)n1. The number of carbonyl (C=O) groups is 1. The second-order valence-electron chi connectivity index (χ2n) is 6.60. The fraction of sp³-hybridized carbons (Fsp3) is 0.389. The van der Waals surface area contributed by atoms with E-state index in [0.717, 1.165) is 12.1 Å². The topological polar surface area (TPSA) is 105 Å². The van der Waals surface area contributed by atoms with Crippen LogP contribution in [0.3, 0.4) is 0 Å². The number of hydrogen-bond donors (Lipinski definition) is 3. The Kier molecular flexibility index (Phi) is 6.10. The summed E-state index contributed by atoms with van der Waals surface area (Å²) in [5, 5.41) is 7.08. The number of amides is 1. The van der Waals surface area contributed by atoms with E-state index in [0.29, 0.717) is 30.0 Å². The fourth-order valence-electron chi connectivity index (χ4n) is 2.96. The Bertz CT molecular complexity index is 799. The van der Waals surface area contributed by atoms with Gasteiger partial charge in [0.25, 0.3) is 5.91 Å². The minimum absolute atomic E-state index is 0.136. The van der Waals surface area contributed by atoms with Gasteiger partial charge in [-0.2, -0.15) is 4.98 Å². The Labute approximate surface area is 163 Å². The standard InChI is InChI=1S/C18H23ClN6O2/c1-25(2)15-10-27-8-7-14(15)23-18-21-9-13(16(20)26)17(24-18)22-12-5-3-11(19)4-6-12/h3-6,9,14-15H,7-8,10H2,1-2H3,(H2,20,26)(H2,21,22,23,24)/t14-,15+/m1/s1. The van der Waals surface area contributed by atoms with Gasteiger partial charge >= 0.3 is 0 Å². The van der Waals surface area contributed by atoms with Crippen LogP contribution in [0.5, 0.6) is 0 Å². The van der Waals surface area contributed by atoms with E-state index in [-0.39, 0.29) is 17.6 Å². The normalized spacial score (nSPS) is 19.7. The lowest BCUT2D eigenvalue weighted by Gasteiger charge is -2.36. The minimum atomic E-state index is -0.602. The molecule has 1 amide bonds. The Morgan fingerprint density at radius 3 is 2.74 bits per heavy atom. The predicted molar refractivity (Wildman–Crippen MR) is 106 cm³/mol. The maximum atomic E-state index is 11.7.